The molecule has 1 aliphatic carbocycles. The molecule has 0 spiro atoms. The number of urea groups is 1. The summed E-state index contributed by atoms with van der Waals surface area (Å²) in [5.74, 6) is 0.822. The number of rotatable bonds is 8. The lowest BCUT2D eigenvalue weighted by Crippen LogP contribution is -2.47. The van der Waals surface area contributed by atoms with E-state index in [9.17, 15) is 4.79 Å². The number of aromatic amines is 1. The van der Waals surface area contributed by atoms with E-state index in [2.05, 4.69) is 62.9 Å². The highest BCUT2D eigenvalue weighted by Crippen LogP contribution is 2.31. The maximum Gasteiger partial charge on any atom is 0.319 e. The third kappa shape index (κ3) is 5.86. The van der Waals surface area contributed by atoms with E-state index in [1.54, 1.807) is 0 Å². The Morgan fingerprint density at radius 3 is 2.76 bits per heavy atom. The normalized spacial score (nSPS) is 17.2. The maximum absolute atomic E-state index is 12.6. The number of nitrogens with zero attached hydrogens (tertiary/aromatic N) is 2. The van der Waals surface area contributed by atoms with Crippen LogP contribution in [0.15, 0.2) is 48.7 Å². The van der Waals surface area contributed by atoms with Crippen LogP contribution < -0.4 is 15.4 Å². The maximum atomic E-state index is 12.6. The summed E-state index contributed by atoms with van der Waals surface area (Å²) in [5.41, 5.74) is 4.25. The number of carbonyl (C=O) groups is 1. The minimum atomic E-state index is -0.175. The average molecular weight is 448 g/mol. The second-order valence-corrected chi connectivity index (χ2v) is 9.24. The molecule has 3 N–H and O–H groups in total. The molecule has 0 atom stereocenters. The van der Waals surface area contributed by atoms with Crippen molar-refractivity contribution in [3.05, 3.63) is 59.8 Å². The SMILES string of the molecule is CN1CCN(CCNC(=O)Nc2cc(Cc3c[nH]c4ccccc34)cc(OC3CC3)c2)CC1. The third-order valence-corrected chi connectivity index (χ3v) is 6.43. The summed E-state index contributed by atoms with van der Waals surface area (Å²) >= 11 is 0. The standard InChI is InChI=1S/C26H33N5O2/c1-30-10-12-31(13-11-30)9-8-27-26(32)29-21-15-19(16-23(17-21)33-22-6-7-22)14-20-18-28-25-5-3-2-4-24(20)25/h2-5,15-18,22,28H,6-14H2,1H3,(H2,27,29,32). The fourth-order valence-corrected chi connectivity index (χ4v) is 4.35. The van der Waals surface area contributed by atoms with Crippen molar-refractivity contribution in [1.82, 2.24) is 20.1 Å². The minimum Gasteiger partial charge on any atom is -0.490 e. The molecule has 7 nitrogen and oxygen atoms in total. The van der Waals surface area contributed by atoms with Gasteiger partial charge in [0.1, 0.15) is 5.75 Å². The van der Waals surface area contributed by atoms with Gasteiger partial charge in [-0.25, -0.2) is 4.79 Å². The zero-order valence-electron chi connectivity index (χ0n) is 19.3. The van der Waals surface area contributed by atoms with Gasteiger partial charge in [-0.1, -0.05) is 18.2 Å². The first kappa shape index (κ1) is 21.8. The molecule has 3 aromatic rings. The van der Waals surface area contributed by atoms with Crippen molar-refractivity contribution >= 4 is 22.6 Å². The zero-order valence-corrected chi connectivity index (χ0v) is 19.3. The van der Waals surface area contributed by atoms with Crippen LogP contribution in [0.1, 0.15) is 24.0 Å². The highest BCUT2D eigenvalue weighted by Gasteiger charge is 2.24. The van der Waals surface area contributed by atoms with Crippen LogP contribution in [0.4, 0.5) is 10.5 Å². The summed E-state index contributed by atoms with van der Waals surface area (Å²) in [7, 11) is 2.15. The highest BCUT2D eigenvalue weighted by molar-refractivity contribution is 5.89. The number of ether oxygens (including phenoxy) is 1. The van der Waals surface area contributed by atoms with Crippen LogP contribution in [0, 0.1) is 0 Å². The van der Waals surface area contributed by atoms with Crippen molar-refractivity contribution in [3.8, 4) is 5.75 Å². The van der Waals surface area contributed by atoms with Gasteiger partial charge >= 0.3 is 6.03 Å². The Bertz CT molecular complexity index is 1100. The number of H-pyrrole nitrogens is 1. The van der Waals surface area contributed by atoms with E-state index in [1.807, 2.05) is 18.2 Å². The second kappa shape index (κ2) is 9.85. The number of hydrogen-bond donors (Lipinski definition) is 3. The highest BCUT2D eigenvalue weighted by atomic mass is 16.5. The van der Waals surface area contributed by atoms with Gasteiger partial charge in [0.15, 0.2) is 0 Å². The van der Waals surface area contributed by atoms with Crippen molar-refractivity contribution in [3.63, 3.8) is 0 Å². The Hall–Kier alpha value is -3.03. The van der Waals surface area contributed by atoms with Gasteiger partial charge in [0.25, 0.3) is 0 Å². The molecule has 174 valence electrons. The number of para-hydroxylation sites is 1. The Labute approximate surface area is 195 Å². The lowest BCUT2D eigenvalue weighted by molar-refractivity contribution is 0.155. The average Bonchev–Trinajstić information content (AvgIpc) is 3.53. The number of carbonyl (C=O) groups excluding carboxylic acids is 1. The number of nitrogens with one attached hydrogen (secondary N) is 3. The predicted octanol–water partition coefficient (Wildman–Crippen LogP) is 3.67. The Morgan fingerprint density at radius 1 is 1.12 bits per heavy atom. The lowest BCUT2D eigenvalue weighted by Gasteiger charge is -2.32. The molecule has 0 radical (unpaired) electrons. The number of benzene rings is 2. The van der Waals surface area contributed by atoms with Crippen LogP contribution in [-0.4, -0.2) is 73.2 Å². The molecule has 33 heavy (non-hydrogen) atoms. The van der Waals surface area contributed by atoms with Crippen LogP contribution in [0.5, 0.6) is 5.75 Å². The van der Waals surface area contributed by atoms with Gasteiger partial charge in [0.05, 0.1) is 6.10 Å². The first-order valence-electron chi connectivity index (χ1n) is 11.9. The molecular weight excluding hydrogens is 414 g/mol. The fraction of sp³-hybridized carbons (Fsp3) is 0.423. The molecule has 1 aliphatic heterocycles. The molecule has 0 unspecified atom stereocenters. The molecule has 2 fully saturated rings. The molecule has 2 amide bonds. The van der Waals surface area contributed by atoms with E-state index in [4.69, 9.17) is 4.74 Å². The fourth-order valence-electron chi connectivity index (χ4n) is 4.35. The summed E-state index contributed by atoms with van der Waals surface area (Å²) < 4.78 is 6.07. The van der Waals surface area contributed by atoms with Gasteiger partial charge in [0, 0.05) is 68.1 Å². The van der Waals surface area contributed by atoms with Crippen molar-refractivity contribution in [2.45, 2.75) is 25.4 Å². The zero-order chi connectivity index (χ0) is 22.6. The third-order valence-electron chi connectivity index (χ3n) is 6.43. The Kier molecular flexibility index (Phi) is 6.51. The molecule has 0 bridgehead atoms. The molecule has 2 aromatic carbocycles. The summed E-state index contributed by atoms with van der Waals surface area (Å²) in [5, 5.41) is 7.24. The predicted molar refractivity (Wildman–Crippen MR) is 132 cm³/mol. The molecule has 1 saturated heterocycles. The van der Waals surface area contributed by atoms with Gasteiger partial charge in [-0.05, 0) is 55.6 Å². The minimum absolute atomic E-state index is 0.175. The number of amides is 2. The lowest BCUT2D eigenvalue weighted by atomic mass is 10.0. The quantitative estimate of drug-likeness (QED) is 0.493. The van der Waals surface area contributed by atoms with Crippen LogP contribution in [0.2, 0.25) is 0 Å². The van der Waals surface area contributed by atoms with Gasteiger partial charge in [-0.15, -0.1) is 0 Å². The van der Waals surface area contributed by atoms with E-state index in [1.165, 1.54) is 10.9 Å². The van der Waals surface area contributed by atoms with Crippen molar-refractivity contribution in [2.24, 2.45) is 0 Å². The van der Waals surface area contributed by atoms with Crippen molar-refractivity contribution in [1.29, 1.82) is 0 Å². The number of anilines is 1. The Morgan fingerprint density at radius 2 is 1.94 bits per heavy atom. The number of piperazine rings is 1. The summed E-state index contributed by atoms with van der Waals surface area (Å²) in [4.78, 5) is 20.6. The van der Waals surface area contributed by atoms with Crippen LogP contribution >= 0.6 is 0 Å². The molecule has 7 heteroatoms. The topological polar surface area (TPSA) is 72.6 Å². The molecule has 5 rings (SSSR count). The van der Waals surface area contributed by atoms with E-state index < -0.39 is 0 Å². The van der Waals surface area contributed by atoms with E-state index in [0.717, 1.165) is 74.5 Å². The number of fused-ring (bicyclic) bond motifs is 1. The summed E-state index contributed by atoms with van der Waals surface area (Å²) in [6, 6.07) is 14.2. The molecule has 1 aromatic heterocycles. The van der Waals surface area contributed by atoms with E-state index in [0.29, 0.717) is 12.6 Å². The summed E-state index contributed by atoms with van der Waals surface area (Å²) in [6.07, 6.45) is 5.34. The number of aromatic nitrogens is 1. The number of likely N-dealkylation sites (N-methyl/N-ethyl adjacent to an activating group) is 1. The smallest absolute Gasteiger partial charge is 0.319 e. The van der Waals surface area contributed by atoms with Crippen LogP contribution in [0.25, 0.3) is 10.9 Å². The van der Waals surface area contributed by atoms with Crippen molar-refractivity contribution in [2.75, 3.05) is 51.6 Å². The van der Waals surface area contributed by atoms with Crippen LogP contribution in [-0.2, 0) is 6.42 Å². The number of hydrogen-bond acceptors (Lipinski definition) is 4. The molecule has 2 aliphatic rings. The van der Waals surface area contributed by atoms with Gasteiger partial charge in [0.2, 0.25) is 0 Å². The van der Waals surface area contributed by atoms with Crippen LogP contribution in [0.3, 0.4) is 0 Å². The van der Waals surface area contributed by atoms with Gasteiger partial charge < -0.3 is 25.3 Å². The Balaban J connectivity index is 1.23. The van der Waals surface area contributed by atoms with Gasteiger partial charge in [-0.2, -0.15) is 0 Å². The molecule has 1 saturated carbocycles. The van der Waals surface area contributed by atoms with Gasteiger partial charge in [-0.3, -0.25) is 4.90 Å². The van der Waals surface area contributed by atoms with E-state index in [-0.39, 0.29) is 6.03 Å². The second-order valence-electron chi connectivity index (χ2n) is 9.24. The first-order valence-corrected chi connectivity index (χ1v) is 11.9. The van der Waals surface area contributed by atoms with E-state index >= 15 is 0 Å². The monoisotopic (exact) mass is 447 g/mol. The largest absolute Gasteiger partial charge is 0.490 e. The molecular formula is C26H33N5O2. The summed E-state index contributed by atoms with van der Waals surface area (Å²) in [6.45, 7) is 5.78. The molecule has 2 heterocycles. The first-order chi connectivity index (χ1) is 16.1. The van der Waals surface area contributed by atoms with Crippen molar-refractivity contribution < 1.29 is 9.53 Å².